The topological polar surface area (TPSA) is 93.9 Å². The lowest BCUT2D eigenvalue weighted by atomic mass is 10.0. The van der Waals surface area contributed by atoms with Crippen LogP contribution in [0.15, 0.2) is 64.4 Å². The number of aromatic nitrogens is 3. The fourth-order valence-corrected chi connectivity index (χ4v) is 7.13. The lowest BCUT2D eigenvalue weighted by molar-refractivity contribution is -0.140. The molecule has 40 heavy (non-hydrogen) atoms. The Hall–Kier alpha value is -3.38. The lowest BCUT2D eigenvalue weighted by Crippen LogP contribution is -2.30. The Kier molecular flexibility index (Phi) is 7.66. The molecule has 2 aromatic heterocycles. The Morgan fingerprint density at radius 3 is 2.48 bits per heavy atom. The molecule has 12 heteroatoms. The number of anilines is 2. The van der Waals surface area contributed by atoms with Crippen molar-refractivity contribution in [2.45, 2.75) is 49.1 Å². The maximum atomic E-state index is 13.6. The monoisotopic (exact) mass is 588 g/mol. The van der Waals surface area contributed by atoms with Crippen LogP contribution in [0.3, 0.4) is 0 Å². The Labute approximate surface area is 233 Å². The van der Waals surface area contributed by atoms with Gasteiger partial charge in [0.1, 0.15) is 12.2 Å². The lowest BCUT2D eigenvalue weighted by Gasteiger charge is -2.21. The van der Waals surface area contributed by atoms with Crippen LogP contribution in [0.5, 0.6) is 0 Å². The second kappa shape index (κ2) is 10.9. The first kappa shape index (κ1) is 28.2. The molecule has 210 valence electrons. The van der Waals surface area contributed by atoms with Gasteiger partial charge in [0.15, 0.2) is 9.84 Å². The molecule has 0 radical (unpaired) electrons. The van der Waals surface area contributed by atoms with Crippen LogP contribution in [0.1, 0.15) is 35.6 Å². The molecule has 0 amide bonds. The Balaban J connectivity index is 1.57. The molecule has 0 aliphatic carbocycles. The molecule has 2 aromatic carbocycles. The average Bonchev–Trinajstić information content (AvgIpc) is 2.90. The van der Waals surface area contributed by atoms with E-state index in [1.165, 1.54) is 42.8 Å². The summed E-state index contributed by atoms with van der Waals surface area (Å²) in [7, 11) is -3.79. The summed E-state index contributed by atoms with van der Waals surface area (Å²) < 4.78 is 66.4. The van der Waals surface area contributed by atoms with Gasteiger partial charge < -0.3 is 5.32 Å². The third-order valence-corrected chi connectivity index (χ3v) is 9.28. The van der Waals surface area contributed by atoms with E-state index in [1.807, 2.05) is 36.0 Å². The summed E-state index contributed by atoms with van der Waals surface area (Å²) in [5, 5.41) is 3.62. The predicted octanol–water partition coefficient (Wildman–Crippen LogP) is 6.43. The standard InChI is InChI=1S/C28H27F3N4O3S2/c1-17-6-11-21(24(13-17)40(2,37)38)22-14-19-15-32-27(34-25(19)35(26(22)36)16-28(29,30)31)33-20-9-7-18(8-10-20)23-5-3-4-12-39-23/h6-11,13-15,23H,3-5,12,16H2,1-2H3,(H,32,33,34). The van der Waals surface area contributed by atoms with Gasteiger partial charge in [-0.3, -0.25) is 9.36 Å². The van der Waals surface area contributed by atoms with E-state index < -0.39 is 28.1 Å². The number of hydrogen-bond acceptors (Lipinski definition) is 7. The molecule has 7 nitrogen and oxygen atoms in total. The van der Waals surface area contributed by atoms with Crippen molar-refractivity contribution >= 4 is 44.3 Å². The third kappa shape index (κ3) is 6.17. The van der Waals surface area contributed by atoms with E-state index in [9.17, 15) is 26.4 Å². The fourth-order valence-electron chi connectivity index (χ4n) is 4.81. The Bertz CT molecular complexity index is 1730. The predicted molar refractivity (Wildman–Crippen MR) is 152 cm³/mol. The molecule has 1 unspecified atom stereocenters. The van der Waals surface area contributed by atoms with Gasteiger partial charge in [-0.1, -0.05) is 30.7 Å². The number of benzene rings is 2. The zero-order valence-electron chi connectivity index (χ0n) is 21.8. The van der Waals surface area contributed by atoms with E-state index in [2.05, 4.69) is 15.3 Å². The van der Waals surface area contributed by atoms with Crippen LogP contribution < -0.4 is 10.9 Å². The number of sulfone groups is 1. The molecule has 1 aliphatic rings. The van der Waals surface area contributed by atoms with Crippen molar-refractivity contribution in [3.05, 3.63) is 76.2 Å². The molecule has 4 aromatic rings. The minimum Gasteiger partial charge on any atom is -0.324 e. The van der Waals surface area contributed by atoms with Crippen molar-refractivity contribution in [1.82, 2.24) is 14.5 Å². The normalized spacial score (nSPS) is 16.3. The van der Waals surface area contributed by atoms with Crippen LogP contribution in [0.2, 0.25) is 0 Å². The summed E-state index contributed by atoms with van der Waals surface area (Å²) in [5.74, 6) is 1.17. The van der Waals surface area contributed by atoms with Crippen molar-refractivity contribution in [1.29, 1.82) is 0 Å². The summed E-state index contributed by atoms with van der Waals surface area (Å²) in [4.78, 5) is 21.9. The van der Waals surface area contributed by atoms with Gasteiger partial charge in [-0.15, -0.1) is 0 Å². The van der Waals surface area contributed by atoms with Gasteiger partial charge in [-0.2, -0.15) is 29.9 Å². The van der Waals surface area contributed by atoms with Crippen molar-refractivity contribution in [3.63, 3.8) is 0 Å². The highest BCUT2D eigenvalue weighted by atomic mass is 32.2. The second-order valence-electron chi connectivity index (χ2n) is 9.91. The van der Waals surface area contributed by atoms with Gasteiger partial charge in [-0.05, 0) is 60.9 Å². The summed E-state index contributed by atoms with van der Waals surface area (Å²) in [6, 6.07) is 13.5. The van der Waals surface area contributed by atoms with Crippen molar-refractivity contribution < 1.29 is 21.6 Å². The average molecular weight is 589 g/mol. The van der Waals surface area contributed by atoms with E-state index in [0.29, 0.717) is 21.1 Å². The van der Waals surface area contributed by atoms with Crippen molar-refractivity contribution in [3.8, 4) is 11.1 Å². The summed E-state index contributed by atoms with van der Waals surface area (Å²) in [5.41, 5.74) is 1.12. The van der Waals surface area contributed by atoms with Crippen LogP contribution in [0.25, 0.3) is 22.2 Å². The molecule has 1 aliphatic heterocycles. The van der Waals surface area contributed by atoms with Gasteiger partial charge in [0.2, 0.25) is 5.95 Å². The highest BCUT2D eigenvalue weighted by Gasteiger charge is 2.31. The minimum absolute atomic E-state index is 0.0225. The zero-order valence-corrected chi connectivity index (χ0v) is 23.5. The van der Waals surface area contributed by atoms with E-state index in [0.717, 1.165) is 18.4 Å². The van der Waals surface area contributed by atoms with Crippen LogP contribution in [0, 0.1) is 6.92 Å². The van der Waals surface area contributed by atoms with Gasteiger partial charge >= 0.3 is 6.18 Å². The molecular formula is C28H27F3N4O3S2. The number of aryl methyl sites for hydroxylation is 1. The number of rotatable bonds is 6. The molecule has 1 N–H and O–H groups in total. The highest BCUT2D eigenvalue weighted by molar-refractivity contribution is 7.99. The summed E-state index contributed by atoms with van der Waals surface area (Å²) in [6.07, 6.45) is 1.13. The first-order chi connectivity index (χ1) is 18.9. The molecule has 0 spiro atoms. The molecule has 1 saturated heterocycles. The highest BCUT2D eigenvalue weighted by Crippen LogP contribution is 2.38. The van der Waals surface area contributed by atoms with Crippen LogP contribution in [0.4, 0.5) is 24.8 Å². The number of alkyl halides is 3. The molecule has 0 bridgehead atoms. The molecule has 3 heterocycles. The number of nitrogens with one attached hydrogen (secondary N) is 1. The van der Waals surface area contributed by atoms with Crippen LogP contribution >= 0.6 is 11.8 Å². The molecule has 1 atom stereocenters. The first-order valence-electron chi connectivity index (χ1n) is 12.7. The third-order valence-electron chi connectivity index (χ3n) is 6.71. The van der Waals surface area contributed by atoms with Gasteiger partial charge in [0.25, 0.3) is 5.56 Å². The van der Waals surface area contributed by atoms with Crippen molar-refractivity contribution in [2.24, 2.45) is 0 Å². The second-order valence-corrected chi connectivity index (χ2v) is 13.2. The minimum atomic E-state index is -4.73. The summed E-state index contributed by atoms with van der Waals surface area (Å²) >= 11 is 1.93. The van der Waals surface area contributed by atoms with E-state index >= 15 is 0 Å². The zero-order chi connectivity index (χ0) is 28.7. The summed E-state index contributed by atoms with van der Waals surface area (Å²) in [6.45, 7) is 0.0894. The quantitative estimate of drug-likeness (QED) is 0.277. The number of halogens is 3. The molecular weight excluding hydrogens is 561 g/mol. The Morgan fingerprint density at radius 2 is 1.82 bits per heavy atom. The largest absolute Gasteiger partial charge is 0.406 e. The SMILES string of the molecule is Cc1ccc(-c2cc3cnc(Nc4ccc(C5CCCCS5)cc4)nc3n(CC(F)(F)F)c2=O)c(S(C)(=O)=O)c1. The fraction of sp³-hybridized carbons (Fsp3) is 0.321. The van der Waals surface area contributed by atoms with Gasteiger partial charge in [0.05, 0.1) is 4.90 Å². The van der Waals surface area contributed by atoms with Crippen molar-refractivity contribution in [2.75, 3.05) is 17.3 Å². The van der Waals surface area contributed by atoms with E-state index in [-0.39, 0.29) is 33.0 Å². The van der Waals surface area contributed by atoms with Gasteiger partial charge in [-0.25, -0.2) is 13.4 Å². The maximum absolute atomic E-state index is 13.6. The Morgan fingerprint density at radius 1 is 1.07 bits per heavy atom. The molecule has 5 rings (SSSR count). The van der Waals surface area contributed by atoms with Crippen LogP contribution in [-0.2, 0) is 16.4 Å². The smallest absolute Gasteiger partial charge is 0.324 e. The number of nitrogens with zero attached hydrogens (tertiary/aromatic N) is 3. The number of pyridine rings is 1. The number of thioether (sulfide) groups is 1. The van der Waals surface area contributed by atoms with E-state index in [1.54, 1.807) is 13.0 Å². The van der Waals surface area contributed by atoms with Gasteiger partial charge in [0, 0.05) is 39.9 Å². The van der Waals surface area contributed by atoms with Crippen LogP contribution in [-0.4, -0.2) is 41.1 Å². The maximum Gasteiger partial charge on any atom is 0.406 e. The first-order valence-corrected chi connectivity index (χ1v) is 15.6. The molecule has 0 saturated carbocycles. The van der Waals surface area contributed by atoms with E-state index in [4.69, 9.17) is 0 Å². The number of hydrogen-bond donors (Lipinski definition) is 1. The molecule has 1 fully saturated rings. The number of fused-ring (bicyclic) bond motifs is 1.